The van der Waals surface area contributed by atoms with Gasteiger partial charge in [-0.15, -0.1) is 0 Å². The van der Waals surface area contributed by atoms with Gasteiger partial charge in [0.2, 0.25) is 0 Å². The predicted molar refractivity (Wildman–Crippen MR) is 102 cm³/mol. The lowest BCUT2D eigenvalue weighted by Crippen LogP contribution is -2.38. The molecule has 0 spiro atoms. The van der Waals surface area contributed by atoms with Gasteiger partial charge in [0.15, 0.2) is 6.61 Å². The number of morpholine rings is 1. The Kier molecular flexibility index (Phi) is 6.84. The molecule has 1 aliphatic rings. The number of nitrogens with zero attached hydrogens (tertiary/aromatic N) is 1. The summed E-state index contributed by atoms with van der Waals surface area (Å²) in [4.78, 5) is 25.9. The van der Waals surface area contributed by atoms with Gasteiger partial charge < -0.3 is 19.2 Å². The van der Waals surface area contributed by atoms with E-state index in [0.717, 1.165) is 56.6 Å². The van der Waals surface area contributed by atoms with Crippen molar-refractivity contribution in [2.24, 2.45) is 0 Å². The number of amides is 1. The number of carbonyl (C=O) groups is 1. The summed E-state index contributed by atoms with van der Waals surface area (Å²) < 4.78 is 16.1. The summed E-state index contributed by atoms with van der Waals surface area (Å²) >= 11 is 0. The van der Waals surface area contributed by atoms with Crippen molar-refractivity contribution < 1.29 is 18.7 Å². The van der Waals surface area contributed by atoms with E-state index in [1.165, 1.54) is 6.07 Å². The van der Waals surface area contributed by atoms with E-state index in [9.17, 15) is 9.59 Å². The van der Waals surface area contributed by atoms with Gasteiger partial charge in [-0.25, -0.2) is 4.79 Å². The van der Waals surface area contributed by atoms with Crippen LogP contribution in [-0.2, 0) is 16.0 Å². The molecule has 1 aromatic heterocycles. The number of ether oxygens (including phenoxy) is 2. The van der Waals surface area contributed by atoms with Gasteiger partial charge in [0.25, 0.3) is 5.91 Å². The van der Waals surface area contributed by atoms with Crippen LogP contribution >= 0.6 is 0 Å². The van der Waals surface area contributed by atoms with Crippen molar-refractivity contribution in [3.8, 4) is 5.75 Å². The summed E-state index contributed by atoms with van der Waals surface area (Å²) in [7, 11) is 0. The molecular weight excluding hydrogens is 348 g/mol. The van der Waals surface area contributed by atoms with Crippen LogP contribution in [0.1, 0.15) is 18.9 Å². The highest BCUT2D eigenvalue weighted by Crippen LogP contribution is 2.22. The highest BCUT2D eigenvalue weighted by atomic mass is 16.5. The Bertz CT molecular complexity index is 827. The average molecular weight is 374 g/mol. The Morgan fingerprint density at radius 2 is 2.07 bits per heavy atom. The van der Waals surface area contributed by atoms with Crippen molar-refractivity contribution in [2.75, 3.05) is 46.0 Å². The summed E-state index contributed by atoms with van der Waals surface area (Å²) in [5.41, 5.74) is 1.03. The number of benzene rings is 1. The molecular formula is C20H26N2O5. The molecule has 0 atom stereocenters. The maximum Gasteiger partial charge on any atom is 0.336 e. The van der Waals surface area contributed by atoms with Crippen LogP contribution in [0.4, 0.5) is 0 Å². The Balaban J connectivity index is 1.45. The third kappa shape index (κ3) is 5.55. The highest BCUT2D eigenvalue weighted by Gasteiger charge is 2.10. The van der Waals surface area contributed by atoms with Crippen LogP contribution in [0.3, 0.4) is 0 Å². The van der Waals surface area contributed by atoms with Gasteiger partial charge >= 0.3 is 5.63 Å². The Morgan fingerprint density at radius 3 is 2.85 bits per heavy atom. The second kappa shape index (κ2) is 9.53. The maximum atomic E-state index is 11.9. The van der Waals surface area contributed by atoms with E-state index in [4.69, 9.17) is 13.9 Å². The number of carbonyl (C=O) groups excluding carboxylic acids is 1. The van der Waals surface area contributed by atoms with Gasteiger partial charge in [-0.05, 0) is 37.1 Å². The fourth-order valence-electron chi connectivity index (χ4n) is 3.15. The van der Waals surface area contributed by atoms with Crippen molar-refractivity contribution in [3.63, 3.8) is 0 Å². The topological polar surface area (TPSA) is 81.0 Å². The number of hydrogen-bond acceptors (Lipinski definition) is 6. The smallest absolute Gasteiger partial charge is 0.336 e. The van der Waals surface area contributed by atoms with Gasteiger partial charge in [0, 0.05) is 37.2 Å². The van der Waals surface area contributed by atoms with Crippen LogP contribution in [0.25, 0.3) is 11.0 Å². The number of hydrogen-bond donors (Lipinski definition) is 1. The molecule has 0 saturated carbocycles. The molecule has 7 heteroatoms. The van der Waals surface area contributed by atoms with Crippen LogP contribution < -0.4 is 15.7 Å². The van der Waals surface area contributed by atoms with Gasteiger partial charge in [0.05, 0.1) is 13.2 Å². The molecule has 1 aromatic carbocycles. The molecule has 1 saturated heterocycles. The summed E-state index contributed by atoms with van der Waals surface area (Å²) in [6.45, 7) is 6.96. The predicted octanol–water partition coefficient (Wildman–Crippen LogP) is 1.57. The molecule has 146 valence electrons. The van der Waals surface area contributed by atoms with E-state index in [1.54, 1.807) is 12.1 Å². The molecule has 0 radical (unpaired) electrons. The van der Waals surface area contributed by atoms with Gasteiger partial charge in [-0.3, -0.25) is 9.69 Å². The quantitative estimate of drug-likeness (QED) is 0.558. The Hall–Kier alpha value is -2.38. The number of aryl methyl sites for hydroxylation is 1. The summed E-state index contributed by atoms with van der Waals surface area (Å²) in [5, 5.41) is 3.75. The molecule has 2 heterocycles. The van der Waals surface area contributed by atoms with E-state index < -0.39 is 0 Å². The zero-order valence-electron chi connectivity index (χ0n) is 15.7. The van der Waals surface area contributed by atoms with E-state index in [1.807, 2.05) is 13.0 Å². The molecule has 2 aromatic rings. The first-order chi connectivity index (χ1) is 13.2. The third-order valence-electron chi connectivity index (χ3n) is 4.63. The lowest BCUT2D eigenvalue weighted by molar-refractivity contribution is -0.123. The van der Waals surface area contributed by atoms with E-state index in [-0.39, 0.29) is 18.1 Å². The monoisotopic (exact) mass is 374 g/mol. The van der Waals surface area contributed by atoms with E-state index >= 15 is 0 Å². The van der Waals surface area contributed by atoms with Crippen LogP contribution in [0.2, 0.25) is 0 Å². The van der Waals surface area contributed by atoms with E-state index in [2.05, 4.69) is 10.2 Å². The lowest BCUT2D eigenvalue weighted by atomic mass is 10.1. The zero-order chi connectivity index (χ0) is 19.1. The summed E-state index contributed by atoms with van der Waals surface area (Å²) in [5.74, 6) is 0.336. The molecule has 7 nitrogen and oxygen atoms in total. The average Bonchev–Trinajstić information content (AvgIpc) is 2.69. The molecule has 0 bridgehead atoms. The Morgan fingerprint density at radius 1 is 1.26 bits per heavy atom. The second-order valence-electron chi connectivity index (χ2n) is 6.55. The van der Waals surface area contributed by atoms with Crippen molar-refractivity contribution in [2.45, 2.75) is 19.8 Å². The van der Waals surface area contributed by atoms with Gasteiger partial charge in [0.1, 0.15) is 11.3 Å². The van der Waals surface area contributed by atoms with Crippen molar-refractivity contribution in [3.05, 3.63) is 40.2 Å². The van der Waals surface area contributed by atoms with Crippen molar-refractivity contribution in [1.82, 2.24) is 10.2 Å². The maximum absolute atomic E-state index is 11.9. The molecule has 1 fully saturated rings. The standard InChI is InChI=1S/C20H26N2O5/c1-2-15-12-20(24)27-18-13-16(4-5-17(15)18)26-14-19(23)21-6-3-7-22-8-10-25-11-9-22/h4-5,12-13H,2-3,6-11,14H2,1H3,(H,21,23). The first-order valence-electron chi connectivity index (χ1n) is 9.42. The first kappa shape index (κ1) is 19.4. The molecule has 1 N–H and O–H groups in total. The SMILES string of the molecule is CCc1cc(=O)oc2cc(OCC(=O)NCCCN3CCOCC3)ccc12. The van der Waals surface area contributed by atoms with Crippen LogP contribution in [-0.4, -0.2) is 56.8 Å². The fourth-order valence-corrected chi connectivity index (χ4v) is 3.15. The number of fused-ring (bicyclic) bond motifs is 1. The summed E-state index contributed by atoms with van der Waals surface area (Å²) in [6.07, 6.45) is 1.64. The van der Waals surface area contributed by atoms with Crippen molar-refractivity contribution in [1.29, 1.82) is 0 Å². The number of rotatable bonds is 8. The molecule has 0 unspecified atom stereocenters. The largest absolute Gasteiger partial charge is 0.484 e. The second-order valence-corrected chi connectivity index (χ2v) is 6.55. The highest BCUT2D eigenvalue weighted by molar-refractivity contribution is 5.82. The fraction of sp³-hybridized carbons (Fsp3) is 0.500. The molecule has 3 rings (SSSR count). The number of nitrogens with one attached hydrogen (secondary N) is 1. The van der Waals surface area contributed by atoms with Gasteiger partial charge in [-0.2, -0.15) is 0 Å². The molecule has 27 heavy (non-hydrogen) atoms. The van der Waals surface area contributed by atoms with Gasteiger partial charge in [-0.1, -0.05) is 6.92 Å². The molecule has 1 aliphatic heterocycles. The minimum absolute atomic E-state index is 0.0687. The minimum Gasteiger partial charge on any atom is -0.484 e. The van der Waals surface area contributed by atoms with Crippen molar-refractivity contribution >= 4 is 16.9 Å². The Labute approximate surface area is 158 Å². The first-order valence-corrected chi connectivity index (χ1v) is 9.42. The van der Waals surface area contributed by atoms with Crippen LogP contribution in [0, 0.1) is 0 Å². The zero-order valence-corrected chi connectivity index (χ0v) is 15.7. The van der Waals surface area contributed by atoms with Crippen LogP contribution in [0.5, 0.6) is 5.75 Å². The molecule has 0 aliphatic carbocycles. The molecule has 1 amide bonds. The third-order valence-corrected chi connectivity index (χ3v) is 4.63. The lowest BCUT2D eigenvalue weighted by Gasteiger charge is -2.26. The summed E-state index contributed by atoms with van der Waals surface area (Å²) in [6, 6.07) is 6.80. The van der Waals surface area contributed by atoms with E-state index in [0.29, 0.717) is 17.9 Å². The normalized spacial score (nSPS) is 15.0. The van der Waals surface area contributed by atoms with Crippen LogP contribution in [0.15, 0.2) is 33.5 Å². The minimum atomic E-state index is -0.380.